The van der Waals surface area contributed by atoms with Crippen molar-refractivity contribution in [2.24, 2.45) is 11.8 Å². The molecule has 2 aliphatic heterocycles. The molecule has 4 heteroatoms. The molecule has 19 heavy (non-hydrogen) atoms. The molecule has 0 aromatic rings. The highest BCUT2D eigenvalue weighted by atomic mass is 16.2. The molecule has 2 atom stereocenters. The topological polar surface area (TPSA) is 40.6 Å². The van der Waals surface area contributed by atoms with Gasteiger partial charge in [-0.1, -0.05) is 25.7 Å². The third-order valence-corrected chi connectivity index (χ3v) is 4.15. The van der Waals surface area contributed by atoms with Crippen molar-refractivity contribution in [2.75, 3.05) is 13.1 Å². The molecule has 2 fully saturated rings. The largest absolute Gasteiger partial charge is 0.308 e. The Labute approximate surface area is 114 Å². The Morgan fingerprint density at radius 3 is 1.74 bits per heavy atom. The molecule has 2 unspecified atom stereocenters. The first kappa shape index (κ1) is 13.5. The summed E-state index contributed by atoms with van der Waals surface area (Å²) in [6, 6.07) is 0. The number of carbonyl (C=O) groups excluding carboxylic acids is 2. The molecule has 4 nitrogen and oxygen atoms in total. The Morgan fingerprint density at radius 2 is 1.42 bits per heavy atom. The summed E-state index contributed by atoms with van der Waals surface area (Å²) in [5.41, 5.74) is -0.605. The second kappa shape index (κ2) is 4.63. The Balaban J connectivity index is 2.44. The maximum atomic E-state index is 12.3. The second-order valence-electron chi connectivity index (χ2n) is 5.45. The molecule has 0 bridgehead atoms. The van der Waals surface area contributed by atoms with Gasteiger partial charge in [0.1, 0.15) is 5.66 Å². The third-order valence-electron chi connectivity index (χ3n) is 4.15. The van der Waals surface area contributed by atoms with E-state index in [-0.39, 0.29) is 36.7 Å². The second-order valence-corrected chi connectivity index (χ2v) is 5.45. The van der Waals surface area contributed by atoms with Crippen LogP contribution in [0.2, 0.25) is 0 Å². The summed E-state index contributed by atoms with van der Waals surface area (Å²) >= 11 is 0. The van der Waals surface area contributed by atoms with Crippen LogP contribution in [0, 0.1) is 36.5 Å². The van der Waals surface area contributed by atoms with E-state index in [0.29, 0.717) is 12.8 Å². The van der Waals surface area contributed by atoms with Crippen LogP contribution in [0.3, 0.4) is 0 Å². The van der Waals surface area contributed by atoms with E-state index >= 15 is 0 Å². The maximum Gasteiger partial charge on any atom is 0.228 e. The van der Waals surface area contributed by atoms with E-state index in [0.717, 1.165) is 0 Å². The van der Waals surface area contributed by atoms with Crippen molar-refractivity contribution in [3.8, 4) is 24.7 Å². The van der Waals surface area contributed by atoms with Crippen LogP contribution >= 0.6 is 0 Å². The van der Waals surface area contributed by atoms with Crippen molar-refractivity contribution in [1.29, 1.82) is 0 Å². The fourth-order valence-electron chi connectivity index (χ4n) is 3.40. The number of hydrogen-bond acceptors (Lipinski definition) is 2. The van der Waals surface area contributed by atoms with E-state index in [9.17, 15) is 9.59 Å². The monoisotopic (exact) mass is 258 g/mol. The summed E-state index contributed by atoms with van der Waals surface area (Å²) in [5, 5.41) is 0. The number of hydrogen-bond donors (Lipinski definition) is 0. The SMILES string of the molecule is C#CCN1C(=O)C(C)CC12CC(C)C(=O)N2CC#C. The van der Waals surface area contributed by atoms with E-state index < -0.39 is 5.66 Å². The normalized spacial score (nSPS) is 33.9. The summed E-state index contributed by atoms with van der Waals surface area (Å²) in [6.07, 6.45) is 12.0. The number of rotatable bonds is 2. The summed E-state index contributed by atoms with van der Waals surface area (Å²) < 4.78 is 0. The van der Waals surface area contributed by atoms with Crippen LogP contribution in [0.1, 0.15) is 26.7 Å². The lowest BCUT2D eigenvalue weighted by molar-refractivity contribution is -0.142. The summed E-state index contributed by atoms with van der Waals surface area (Å²) in [4.78, 5) is 27.8. The zero-order valence-electron chi connectivity index (χ0n) is 11.3. The number of terminal acetylenes is 2. The third kappa shape index (κ3) is 1.79. The highest BCUT2D eigenvalue weighted by Crippen LogP contribution is 2.46. The molecule has 2 amide bonds. The molecule has 2 rings (SSSR count). The highest BCUT2D eigenvalue weighted by molar-refractivity contribution is 5.88. The lowest BCUT2D eigenvalue weighted by Gasteiger charge is -2.40. The van der Waals surface area contributed by atoms with E-state index in [1.54, 1.807) is 9.80 Å². The van der Waals surface area contributed by atoms with E-state index in [4.69, 9.17) is 12.8 Å². The number of amides is 2. The molecule has 100 valence electrons. The van der Waals surface area contributed by atoms with E-state index in [1.165, 1.54) is 0 Å². The number of nitrogens with zero attached hydrogens (tertiary/aromatic N) is 2. The lowest BCUT2D eigenvalue weighted by Crippen LogP contribution is -2.56. The van der Waals surface area contributed by atoms with Crippen LogP contribution in [0.15, 0.2) is 0 Å². The predicted octanol–water partition coefficient (Wildman–Crippen LogP) is 0.686. The molecule has 2 heterocycles. The van der Waals surface area contributed by atoms with E-state index in [2.05, 4.69) is 11.8 Å². The van der Waals surface area contributed by atoms with Crippen LogP contribution < -0.4 is 0 Å². The Morgan fingerprint density at radius 1 is 1.05 bits per heavy atom. The molecule has 1 spiro atoms. The van der Waals surface area contributed by atoms with Crippen molar-refractivity contribution >= 4 is 11.8 Å². The molecule has 0 aliphatic carbocycles. The molecule has 0 N–H and O–H groups in total. The Bertz CT molecular complexity index is 451. The minimum Gasteiger partial charge on any atom is -0.308 e. The van der Waals surface area contributed by atoms with Crippen LogP contribution in [-0.4, -0.2) is 40.4 Å². The number of carbonyl (C=O) groups is 2. The van der Waals surface area contributed by atoms with Gasteiger partial charge in [-0.25, -0.2) is 0 Å². The van der Waals surface area contributed by atoms with Crippen molar-refractivity contribution in [2.45, 2.75) is 32.4 Å². The smallest absolute Gasteiger partial charge is 0.228 e. The average molecular weight is 258 g/mol. The van der Waals surface area contributed by atoms with Gasteiger partial charge in [0.05, 0.1) is 13.1 Å². The van der Waals surface area contributed by atoms with Gasteiger partial charge in [-0.05, 0) is 0 Å². The first-order valence-electron chi connectivity index (χ1n) is 6.48. The van der Waals surface area contributed by atoms with Gasteiger partial charge in [0.15, 0.2) is 0 Å². The van der Waals surface area contributed by atoms with Gasteiger partial charge in [-0.3, -0.25) is 9.59 Å². The van der Waals surface area contributed by atoms with Crippen molar-refractivity contribution < 1.29 is 9.59 Å². The van der Waals surface area contributed by atoms with Crippen LogP contribution in [0.5, 0.6) is 0 Å². The zero-order chi connectivity index (χ0) is 14.2. The molecule has 2 aliphatic rings. The van der Waals surface area contributed by atoms with Gasteiger partial charge in [0.25, 0.3) is 0 Å². The standard InChI is InChI=1S/C15H18N2O2/c1-5-7-16-13(18)11(3)9-15(16)10-12(4)14(19)17(15)8-6-2/h1-2,11-12H,7-10H2,3-4H3. The minimum absolute atomic E-state index is 0.0156. The van der Waals surface area contributed by atoms with Gasteiger partial charge in [-0.2, -0.15) is 0 Å². The molecule has 0 aromatic carbocycles. The van der Waals surface area contributed by atoms with Crippen LogP contribution in [0.25, 0.3) is 0 Å². The first-order valence-corrected chi connectivity index (χ1v) is 6.48. The highest BCUT2D eigenvalue weighted by Gasteiger charge is 2.59. The predicted molar refractivity (Wildman–Crippen MR) is 71.4 cm³/mol. The summed E-state index contributed by atoms with van der Waals surface area (Å²) in [5.74, 6) is 4.83. The molecule has 0 radical (unpaired) electrons. The van der Waals surface area contributed by atoms with Crippen molar-refractivity contribution in [3.63, 3.8) is 0 Å². The van der Waals surface area contributed by atoms with Crippen molar-refractivity contribution in [1.82, 2.24) is 9.80 Å². The minimum atomic E-state index is -0.605. The maximum absolute atomic E-state index is 12.3. The molecule has 0 aromatic heterocycles. The molecular weight excluding hydrogens is 240 g/mol. The van der Waals surface area contributed by atoms with Gasteiger partial charge in [0.2, 0.25) is 11.8 Å². The van der Waals surface area contributed by atoms with Crippen molar-refractivity contribution in [3.05, 3.63) is 0 Å². The van der Waals surface area contributed by atoms with Gasteiger partial charge in [0, 0.05) is 24.7 Å². The molecule has 2 saturated heterocycles. The quantitative estimate of drug-likeness (QED) is 0.684. The Hall–Kier alpha value is -1.94. The first-order chi connectivity index (χ1) is 8.97. The summed E-state index contributed by atoms with van der Waals surface area (Å²) in [7, 11) is 0. The average Bonchev–Trinajstić information content (AvgIpc) is 2.73. The number of likely N-dealkylation sites (tertiary alicyclic amines) is 2. The molecular formula is C15H18N2O2. The molecule has 0 saturated carbocycles. The van der Waals surface area contributed by atoms with E-state index in [1.807, 2.05) is 13.8 Å². The lowest BCUT2D eigenvalue weighted by atomic mass is 9.95. The van der Waals surface area contributed by atoms with Gasteiger partial charge in [-0.15, -0.1) is 12.8 Å². The van der Waals surface area contributed by atoms with Gasteiger partial charge < -0.3 is 9.80 Å². The van der Waals surface area contributed by atoms with Gasteiger partial charge >= 0.3 is 0 Å². The van der Waals surface area contributed by atoms with Crippen LogP contribution in [0.4, 0.5) is 0 Å². The van der Waals surface area contributed by atoms with Crippen LogP contribution in [-0.2, 0) is 9.59 Å². The Kier molecular flexibility index (Phi) is 3.28. The zero-order valence-corrected chi connectivity index (χ0v) is 11.3. The fraction of sp³-hybridized carbons (Fsp3) is 0.600. The summed E-state index contributed by atoms with van der Waals surface area (Å²) in [6.45, 7) is 4.21. The fourth-order valence-corrected chi connectivity index (χ4v) is 3.40.